The summed E-state index contributed by atoms with van der Waals surface area (Å²) in [4.78, 5) is 0. The highest BCUT2D eigenvalue weighted by atomic mass is 19.1. The van der Waals surface area contributed by atoms with Crippen LogP contribution >= 0.6 is 0 Å². The Kier molecular flexibility index (Phi) is 5.14. The fraction of sp³-hybridized carbons (Fsp3) is 0.455. The summed E-state index contributed by atoms with van der Waals surface area (Å²) in [6, 6.07) is 2.44. The van der Waals surface area contributed by atoms with Crippen molar-refractivity contribution in [2.24, 2.45) is 5.73 Å². The van der Waals surface area contributed by atoms with E-state index in [1.54, 1.807) is 6.92 Å². The van der Waals surface area contributed by atoms with Gasteiger partial charge in [0.1, 0.15) is 0 Å². The van der Waals surface area contributed by atoms with Crippen LogP contribution in [0.15, 0.2) is 12.1 Å². The molecular weight excluding hydrogens is 216 g/mol. The van der Waals surface area contributed by atoms with Crippen LogP contribution in [0.25, 0.3) is 0 Å². The molecule has 0 aromatic heterocycles. The highest BCUT2D eigenvalue weighted by Crippen LogP contribution is 2.23. The minimum atomic E-state index is -0.733. The zero-order valence-electron chi connectivity index (χ0n) is 9.13. The van der Waals surface area contributed by atoms with Gasteiger partial charge in [-0.1, -0.05) is 0 Å². The molecule has 0 bridgehead atoms. The van der Waals surface area contributed by atoms with Crippen molar-refractivity contribution in [3.05, 3.63) is 29.3 Å². The molecular formula is C11H15F2NO2. The van der Waals surface area contributed by atoms with E-state index >= 15 is 0 Å². The van der Waals surface area contributed by atoms with Crippen LogP contribution in [-0.2, 0) is 11.2 Å². The molecule has 1 aromatic rings. The minimum absolute atomic E-state index is 0.166. The molecule has 1 rings (SSSR count). The first-order valence-corrected chi connectivity index (χ1v) is 5.07. The average molecular weight is 231 g/mol. The van der Waals surface area contributed by atoms with Gasteiger partial charge >= 0.3 is 0 Å². The second-order valence-corrected chi connectivity index (χ2v) is 3.18. The molecule has 0 radical (unpaired) electrons. The molecule has 0 aliphatic rings. The summed E-state index contributed by atoms with van der Waals surface area (Å²) in [6.45, 7) is 2.37. The van der Waals surface area contributed by atoms with Crippen LogP contribution in [0.2, 0.25) is 0 Å². The van der Waals surface area contributed by atoms with E-state index in [4.69, 9.17) is 15.2 Å². The van der Waals surface area contributed by atoms with Gasteiger partial charge in [0.25, 0.3) is 0 Å². The molecule has 0 fully saturated rings. The van der Waals surface area contributed by atoms with Crippen molar-refractivity contribution >= 4 is 0 Å². The van der Waals surface area contributed by atoms with Crippen molar-refractivity contribution in [3.63, 3.8) is 0 Å². The van der Waals surface area contributed by atoms with E-state index in [1.807, 2.05) is 0 Å². The number of hydrogen-bond acceptors (Lipinski definition) is 3. The first kappa shape index (κ1) is 12.9. The lowest BCUT2D eigenvalue weighted by atomic mass is 10.1. The smallest absolute Gasteiger partial charge is 0.193 e. The first-order valence-electron chi connectivity index (χ1n) is 5.07. The van der Waals surface area contributed by atoms with Gasteiger partial charge in [0.2, 0.25) is 0 Å². The van der Waals surface area contributed by atoms with Gasteiger partial charge in [0.15, 0.2) is 24.2 Å². The second-order valence-electron chi connectivity index (χ2n) is 3.18. The SMILES string of the molecule is CCOCOc1c(F)cc(CCN)cc1F. The molecule has 90 valence electrons. The summed E-state index contributed by atoms with van der Waals surface area (Å²) in [5, 5.41) is 0. The van der Waals surface area contributed by atoms with Gasteiger partial charge in [-0.15, -0.1) is 0 Å². The molecule has 0 aliphatic heterocycles. The highest BCUT2D eigenvalue weighted by molar-refractivity contribution is 5.31. The third-order valence-electron chi connectivity index (χ3n) is 1.98. The lowest BCUT2D eigenvalue weighted by Gasteiger charge is -2.09. The Hall–Kier alpha value is -1.20. The predicted molar refractivity (Wildman–Crippen MR) is 56.2 cm³/mol. The van der Waals surface area contributed by atoms with E-state index in [0.717, 1.165) is 0 Å². The largest absolute Gasteiger partial charge is 0.461 e. The van der Waals surface area contributed by atoms with Gasteiger partial charge in [0, 0.05) is 6.61 Å². The Morgan fingerprint density at radius 2 is 1.88 bits per heavy atom. The van der Waals surface area contributed by atoms with Crippen molar-refractivity contribution in [1.29, 1.82) is 0 Å². The monoisotopic (exact) mass is 231 g/mol. The van der Waals surface area contributed by atoms with E-state index in [0.29, 0.717) is 25.1 Å². The van der Waals surface area contributed by atoms with Gasteiger partial charge in [-0.05, 0) is 37.6 Å². The molecule has 0 aliphatic carbocycles. The zero-order chi connectivity index (χ0) is 12.0. The number of benzene rings is 1. The molecule has 0 unspecified atom stereocenters. The Balaban J connectivity index is 2.77. The van der Waals surface area contributed by atoms with Crippen molar-refractivity contribution in [2.75, 3.05) is 19.9 Å². The molecule has 2 N–H and O–H groups in total. The van der Waals surface area contributed by atoms with Gasteiger partial charge in [0.05, 0.1) is 0 Å². The number of halogens is 2. The number of nitrogens with two attached hydrogens (primary N) is 1. The summed E-state index contributed by atoms with van der Waals surface area (Å²) in [5.41, 5.74) is 5.82. The van der Waals surface area contributed by atoms with E-state index in [9.17, 15) is 8.78 Å². The topological polar surface area (TPSA) is 44.5 Å². The van der Waals surface area contributed by atoms with E-state index in [2.05, 4.69) is 0 Å². The normalized spacial score (nSPS) is 10.5. The molecule has 0 atom stereocenters. The molecule has 16 heavy (non-hydrogen) atoms. The van der Waals surface area contributed by atoms with Crippen LogP contribution in [0.1, 0.15) is 12.5 Å². The van der Waals surface area contributed by atoms with Gasteiger partial charge in [-0.3, -0.25) is 0 Å². The van der Waals surface area contributed by atoms with Gasteiger partial charge in [-0.2, -0.15) is 0 Å². The Morgan fingerprint density at radius 1 is 1.25 bits per heavy atom. The summed E-state index contributed by atoms with van der Waals surface area (Å²) >= 11 is 0. The fourth-order valence-corrected chi connectivity index (χ4v) is 1.25. The van der Waals surface area contributed by atoms with Crippen molar-refractivity contribution in [1.82, 2.24) is 0 Å². The van der Waals surface area contributed by atoms with Crippen LogP contribution < -0.4 is 10.5 Å². The number of ether oxygens (including phenoxy) is 2. The van der Waals surface area contributed by atoms with Crippen molar-refractivity contribution < 1.29 is 18.3 Å². The summed E-state index contributed by atoms with van der Waals surface area (Å²) in [7, 11) is 0. The van der Waals surface area contributed by atoms with Crippen LogP contribution in [0.4, 0.5) is 8.78 Å². The van der Waals surface area contributed by atoms with Crippen LogP contribution in [0.3, 0.4) is 0 Å². The molecule has 0 amide bonds. The quantitative estimate of drug-likeness (QED) is 0.600. The minimum Gasteiger partial charge on any atom is -0.461 e. The summed E-state index contributed by atoms with van der Waals surface area (Å²) < 4.78 is 36.5. The van der Waals surface area contributed by atoms with Crippen LogP contribution in [0, 0.1) is 11.6 Å². The zero-order valence-corrected chi connectivity index (χ0v) is 9.13. The molecule has 0 saturated heterocycles. The molecule has 3 nitrogen and oxygen atoms in total. The third-order valence-corrected chi connectivity index (χ3v) is 1.98. The maximum atomic E-state index is 13.4. The van der Waals surface area contributed by atoms with Crippen LogP contribution in [0.5, 0.6) is 5.75 Å². The standard InChI is InChI=1S/C11H15F2NO2/c1-2-15-7-16-11-9(12)5-8(3-4-14)6-10(11)13/h5-6H,2-4,7,14H2,1H3. The van der Waals surface area contributed by atoms with Crippen molar-refractivity contribution in [3.8, 4) is 5.75 Å². The fourth-order valence-electron chi connectivity index (χ4n) is 1.25. The maximum absolute atomic E-state index is 13.4. The Labute approximate surface area is 93.2 Å². The van der Waals surface area contributed by atoms with Gasteiger partial charge in [-0.25, -0.2) is 8.78 Å². The number of rotatable bonds is 6. The third kappa shape index (κ3) is 3.43. The molecule has 1 aromatic carbocycles. The molecule has 5 heteroatoms. The predicted octanol–water partition coefficient (Wildman–Crippen LogP) is 1.84. The maximum Gasteiger partial charge on any atom is 0.193 e. The lowest BCUT2D eigenvalue weighted by molar-refractivity contribution is 0.0176. The second kappa shape index (κ2) is 6.40. The Morgan fingerprint density at radius 3 is 2.38 bits per heavy atom. The highest BCUT2D eigenvalue weighted by Gasteiger charge is 2.12. The van der Waals surface area contributed by atoms with Crippen molar-refractivity contribution in [2.45, 2.75) is 13.3 Å². The molecule has 0 spiro atoms. The van der Waals surface area contributed by atoms with E-state index in [1.165, 1.54) is 12.1 Å². The molecule has 0 heterocycles. The van der Waals surface area contributed by atoms with Gasteiger partial charge < -0.3 is 15.2 Å². The first-order chi connectivity index (χ1) is 7.69. The van der Waals surface area contributed by atoms with Crippen LogP contribution in [-0.4, -0.2) is 19.9 Å². The van der Waals surface area contributed by atoms with E-state index in [-0.39, 0.29) is 6.79 Å². The lowest BCUT2D eigenvalue weighted by Crippen LogP contribution is -2.07. The van der Waals surface area contributed by atoms with E-state index < -0.39 is 17.4 Å². The number of hydrogen-bond donors (Lipinski definition) is 1. The molecule has 0 saturated carbocycles. The summed E-state index contributed by atoms with van der Waals surface area (Å²) in [6.07, 6.45) is 0.430. The summed E-state index contributed by atoms with van der Waals surface area (Å²) in [5.74, 6) is -1.87. The Bertz CT molecular complexity index is 322. The average Bonchev–Trinajstić information content (AvgIpc) is 2.23.